The molecule has 1 heterocycles. The fourth-order valence-corrected chi connectivity index (χ4v) is 8.05. The number of hydrogen-bond donors (Lipinski definition) is 1. The summed E-state index contributed by atoms with van der Waals surface area (Å²) < 4.78 is 25.7. The van der Waals surface area contributed by atoms with E-state index in [0.29, 0.717) is 27.7 Å². The molecule has 0 bridgehead atoms. The van der Waals surface area contributed by atoms with Crippen LogP contribution in [0.1, 0.15) is 79.7 Å². The summed E-state index contributed by atoms with van der Waals surface area (Å²) in [6.07, 6.45) is -1.49. The molecular weight excluding hydrogens is 624 g/mol. The van der Waals surface area contributed by atoms with Gasteiger partial charge in [0.15, 0.2) is 8.32 Å². The number of halogens is 1. The molecule has 0 aliphatic rings. The van der Waals surface area contributed by atoms with Gasteiger partial charge < -0.3 is 29.3 Å². The van der Waals surface area contributed by atoms with E-state index < -0.39 is 37.8 Å². The summed E-state index contributed by atoms with van der Waals surface area (Å²) in [5.74, 6) is 0.522. The Bertz CT molecular complexity index is 1500. The Kier molecular flexibility index (Phi) is 12.2. The van der Waals surface area contributed by atoms with Gasteiger partial charge in [-0.25, -0.2) is 9.59 Å². The van der Waals surface area contributed by atoms with Crippen molar-refractivity contribution in [3.63, 3.8) is 0 Å². The fraction of sp³-hybridized carbons (Fsp3) is 0.559. The van der Waals surface area contributed by atoms with Gasteiger partial charge in [-0.15, -0.1) is 0 Å². The maximum absolute atomic E-state index is 13.6. The van der Waals surface area contributed by atoms with E-state index in [1.165, 1.54) is 4.68 Å². The number of carbonyl (C=O) groups excluding carboxylic acids is 2. The van der Waals surface area contributed by atoms with Crippen LogP contribution in [-0.2, 0) is 13.9 Å². The second-order valence-corrected chi connectivity index (χ2v) is 18.7. The first-order valence-electron chi connectivity index (χ1n) is 16.0. The SMILES string of the molecule is CC[Si](CC)(CC)O[C@@H](CN(CCOc1ccc2c(C)nn(C(=O)OC(C)(C)C)c2c1)C(=O)OC(C)(C)C)c1ccc(Cl)c(N)c1. The largest absolute Gasteiger partial charge is 0.492 e. The summed E-state index contributed by atoms with van der Waals surface area (Å²) >= 11 is 6.26. The van der Waals surface area contributed by atoms with Gasteiger partial charge in [0, 0.05) is 11.5 Å². The van der Waals surface area contributed by atoms with E-state index in [4.69, 9.17) is 36.0 Å². The van der Waals surface area contributed by atoms with E-state index in [-0.39, 0.29) is 19.7 Å². The number of amides is 1. The Labute approximate surface area is 279 Å². The summed E-state index contributed by atoms with van der Waals surface area (Å²) in [4.78, 5) is 28.1. The predicted molar refractivity (Wildman–Crippen MR) is 186 cm³/mol. The van der Waals surface area contributed by atoms with E-state index in [1.54, 1.807) is 37.8 Å². The molecule has 3 aromatic rings. The first kappa shape index (κ1) is 37.2. The molecule has 0 radical (unpaired) electrons. The highest BCUT2D eigenvalue weighted by Gasteiger charge is 2.35. The Balaban J connectivity index is 1.90. The minimum Gasteiger partial charge on any atom is -0.492 e. The zero-order valence-corrected chi connectivity index (χ0v) is 30.8. The molecule has 2 aromatic carbocycles. The lowest BCUT2D eigenvalue weighted by atomic mass is 10.1. The van der Waals surface area contributed by atoms with Gasteiger partial charge in [-0.3, -0.25) is 0 Å². The van der Waals surface area contributed by atoms with Crippen molar-refractivity contribution in [1.82, 2.24) is 14.7 Å². The average molecular weight is 675 g/mol. The molecule has 3 rings (SSSR count). The van der Waals surface area contributed by atoms with Crippen LogP contribution < -0.4 is 10.5 Å². The summed E-state index contributed by atoms with van der Waals surface area (Å²) in [5.41, 5.74) is 7.40. The minimum absolute atomic E-state index is 0.164. The molecule has 1 aromatic heterocycles. The number of benzene rings is 2. The quantitative estimate of drug-likeness (QED) is 0.150. The third kappa shape index (κ3) is 9.86. The van der Waals surface area contributed by atoms with Crippen LogP contribution >= 0.6 is 11.6 Å². The number of nitrogen functional groups attached to an aromatic ring is 1. The first-order valence-corrected chi connectivity index (χ1v) is 18.9. The van der Waals surface area contributed by atoms with Gasteiger partial charge in [-0.2, -0.15) is 9.78 Å². The molecule has 0 aliphatic heterocycles. The molecular formula is C34H51ClN4O6Si. The van der Waals surface area contributed by atoms with Crippen molar-refractivity contribution >= 4 is 48.7 Å². The minimum atomic E-state index is -2.11. The van der Waals surface area contributed by atoms with Gasteiger partial charge in [-0.05, 0) is 96.4 Å². The van der Waals surface area contributed by atoms with Crippen LogP contribution in [0.5, 0.6) is 5.75 Å². The second-order valence-electron chi connectivity index (χ2n) is 13.6. The summed E-state index contributed by atoms with van der Waals surface area (Å²) in [6, 6.07) is 13.7. The number of nitrogens with zero attached hydrogens (tertiary/aromatic N) is 3. The number of anilines is 1. The van der Waals surface area contributed by atoms with Crippen molar-refractivity contribution < 1.29 is 28.2 Å². The molecule has 0 aliphatic carbocycles. The molecule has 12 heteroatoms. The lowest BCUT2D eigenvalue weighted by molar-refractivity contribution is 0.0131. The van der Waals surface area contributed by atoms with E-state index in [1.807, 2.05) is 52.0 Å². The maximum Gasteiger partial charge on any atom is 0.435 e. The molecule has 1 amide bonds. The smallest absolute Gasteiger partial charge is 0.435 e. The van der Waals surface area contributed by atoms with Crippen molar-refractivity contribution in [2.75, 3.05) is 25.4 Å². The number of nitrogens with two attached hydrogens (primary N) is 1. The lowest BCUT2D eigenvalue weighted by Crippen LogP contribution is -2.45. The van der Waals surface area contributed by atoms with Gasteiger partial charge >= 0.3 is 12.2 Å². The zero-order valence-electron chi connectivity index (χ0n) is 29.0. The number of hydrogen-bond acceptors (Lipinski definition) is 8. The van der Waals surface area contributed by atoms with E-state index >= 15 is 0 Å². The van der Waals surface area contributed by atoms with Gasteiger partial charge in [0.1, 0.15) is 23.6 Å². The number of carbonyl (C=O) groups is 2. The molecule has 0 saturated heterocycles. The molecule has 0 saturated carbocycles. The van der Waals surface area contributed by atoms with Crippen LogP contribution in [0.4, 0.5) is 15.3 Å². The number of fused-ring (bicyclic) bond motifs is 1. The number of rotatable bonds is 12. The van der Waals surface area contributed by atoms with E-state index in [0.717, 1.165) is 29.1 Å². The average Bonchev–Trinajstić information content (AvgIpc) is 3.30. The molecule has 1 atom stereocenters. The van der Waals surface area contributed by atoms with Crippen LogP contribution in [0.3, 0.4) is 0 Å². The highest BCUT2D eigenvalue weighted by Crippen LogP contribution is 2.33. The van der Waals surface area contributed by atoms with E-state index in [2.05, 4.69) is 25.9 Å². The highest BCUT2D eigenvalue weighted by molar-refractivity contribution is 6.73. The lowest BCUT2D eigenvalue weighted by Gasteiger charge is -2.36. The van der Waals surface area contributed by atoms with E-state index in [9.17, 15) is 9.59 Å². The molecule has 0 fully saturated rings. The normalized spacial score (nSPS) is 13.0. The van der Waals surface area contributed by atoms with Crippen molar-refractivity contribution in [3.8, 4) is 5.75 Å². The standard InChI is InChI=1S/C34H51ClN4O6Si/c1-11-46(12-2,13-3)45-30(24-14-17-27(35)28(36)20-24)22-38(31(40)43-33(5,6)7)18-19-42-25-15-16-26-23(4)37-39(29(26)21-25)32(41)44-34(8,9)10/h14-17,20-21,30H,11-13,18-19,22,36H2,1-10H3/t30-/m0/s1. The van der Waals surface area contributed by atoms with Crippen molar-refractivity contribution in [3.05, 3.63) is 52.7 Å². The number of aromatic nitrogens is 2. The monoisotopic (exact) mass is 674 g/mol. The van der Waals surface area contributed by atoms with Crippen molar-refractivity contribution in [2.45, 2.75) is 105 Å². The number of ether oxygens (including phenoxy) is 3. The number of aryl methyl sites for hydroxylation is 1. The summed E-state index contributed by atoms with van der Waals surface area (Å²) in [5, 5.41) is 5.67. The Morgan fingerprint density at radius 3 is 2.17 bits per heavy atom. The van der Waals surface area contributed by atoms with Crippen LogP contribution in [0.2, 0.25) is 23.2 Å². The Morgan fingerprint density at radius 2 is 1.61 bits per heavy atom. The Hall–Kier alpha value is -3.28. The molecule has 10 nitrogen and oxygen atoms in total. The second kappa shape index (κ2) is 15.1. The first-order chi connectivity index (χ1) is 21.4. The van der Waals surface area contributed by atoms with Gasteiger partial charge in [0.05, 0.1) is 41.1 Å². The third-order valence-corrected chi connectivity index (χ3v) is 12.8. The summed E-state index contributed by atoms with van der Waals surface area (Å²) in [7, 11) is -2.11. The van der Waals surface area contributed by atoms with Crippen LogP contribution in [0, 0.1) is 6.92 Å². The van der Waals surface area contributed by atoms with Crippen LogP contribution in [0.15, 0.2) is 36.4 Å². The summed E-state index contributed by atoms with van der Waals surface area (Å²) in [6.45, 7) is 19.9. The molecule has 254 valence electrons. The molecule has 0 unspecified atom stereocenters. The van der Waals surface area contributed by atoms with Crippen molar-refractivity contribution in [1.29, 1.82) is 0 Å². The molecule has 0 spiro atoms. The van der Waals surface area contributed by atoms with Gasteiger partial charge in [0.2, 0.25) is 0 Å². The maximum atomic E-state index is 13.6. The molecule has 2 N–H and O–H groups in total. The van der Waals surface area contributed by atoms with Crippen molar-refractivity contribution in [2.24, 2.45) is 0 Å². The fourth-order valence-electron chi connectivity index (χ4n) is 5.12. The van der Waals surface area contributed by atoms with Gasteiger partial charge in [-0.1, -0.05) is 38.4 Å². The van der Waals surface area contributed by atoms with Gasteiger partial charge in [0.25, 0.3) is 0 Å². The molecule has 46 heavy (non-hydrogen) atoms. The van der Waals surface area contributed by atoms with Crippen LogP contribution in [-0.4, -0.2) is 66.1 Å². The third-order valence-electron chi connectivity index (χ3n) is 7.79. The highest BCUT2D eigenvalue weighted by atomic mass is 35.5. The zero-order chi connectivity index (χ0) is 34.4. The topological polar surface area (TPSA) is 118 Å². The predicted octanol–water partition coefficient (Wildman–Crippen LogP) is 8.74. The van der Waals surface area contributed by atoms with Crippen LogP contribution in [0.25, 0.3) is 10.9 Å². The Morgan fingerprint density at radius 1 is 0.978 bits per heavy atom.